The molecule has 3 heteroatoms. The molecule has 0 aliphatic carbocycles. The Hall–Kier alpha value is -2.29. The van der Waals surface area contributed by atoms with Crippen LogP contribution >= 0.6 is 0 Å². The normalized spacial score (nSPS) is 10.2. The van der Waals surface area contributed by atoms with Crippen molar-refractivity contribution in [3.63, 3.8) is 0 Å². The Kier molecular flexibility index (Phi) is 4.41. The van der Waals surface area contributed by atoms with E-state index in [1.165, 1.54) is 0 Å². The first kappa shape index (κ1) is 14.1. The molecule has 2 aromatic carbocycles. The number of ether oxygens (including phenoxy) is 1. The van der Waals surface area contributed by atoms with Crippen LogP contribution in [0, 0.1) is 0 Å². The van der Waals surface area contributed by atoms with Gasteiger partial charge in [0.15, 0.2) is 0 Å². The predicted molar refractivity (Wildman–Crippen MR) is 81.1 cm³/mol. The van der Waals surface area contributed by atoms with Gasteiger partial charge in [0, 0.05) is 19.7 Å². The third-order valence-corrected chi connectivity index (χ3v) is 3.04. The quantitative estimate of drug-likeness (QED) is 0.850. The first-order valence-electron chi connectivity index (χ1n) is 6.66. The summed E-state index contributed by atoms with van der Waals surface area (Å²) in [5, 5.41) is 0. The van der Waals surface area contributed by atoms with Crippen LogP contribution < -0.4 is 4.74 Å². The summed E-state index contributed by atoms with van der Waals surface area (Å²) in [6, 6.07) is 15.6. The summed E-state index contributed by atoms with van der Waals surface area (Å²) >= 11 is 0. The highest BCUT2D eigenvalue weighted by molar-refractivity contribution is 5.94. The molecule has 0 bridgehead atoms. The molecule has 3 nitrogen and oxygen atoms in total. The molecule has 0 heterocycles. The van der Waals surface area contributed by atoms with E-state index in [4.69, 9.17) is 4.74 Å². The van der Waals surface area contributed by atoms with Crippen molar-refractivity contribution in [2.75, 3.05) is 20.7 Å². The van der Waals surface area contributed by atoms with Crippen LogP contribution in [0.1, 0.15) is 17.3 Å². The molecule has 0 unspecified atom stereocenters. The monoisotopic (exact) mass is 269 g/mol. The van der Waals surface area contributed by atoms with Gasteiger partial charge in [-0.3, -0.25) is 4.79 Å². The Morgan fingerprint density at radius 2 is 1.45 bits per heavy atom. The van der Waals surface area contributed by atoms with Gasteiger partial charge in [-0.25, -0.2) is 0 Å². The van der Waals surface area contributed by atoms with Crippen molar-refractivity contribution in [3.8, 4) is 16.9 Å². The highest BCUT2D eigenvalue weighted by atomic mass is 16.5. The van der Waals surface area contributed by atoms with Gasteiger partial charge in [-0.15, -0.1) is 0 Å². The molecule has 0 aliphatic rings. The minimum Gasteiger partial charge on any atom is -0.494 e. The maximum atomic E-state index is 11.8. The number of hydrogen-bond acceptors (Lipinski definition) is 2. The summed E-state index contributed by atoms with van der Waals surface area (Å²) in [6.07, 6.45) is 0. The lowest BCUT2D eigenvalue weighted by atomic mass is 10.0. The van der Waals surface area contributed by atoms with E-state index in [0.717, 1.165) is 16.9 Å². The van der Waals surface area contributed by atoms with Crippen molar-refractivity contribution in [2.45, 2.75) is 6.92 Å². The standard InChI is InChI=1S/C17H19NO2/c1-4-20-16-11-9-14(10-12-16)13-5-7-15(8-6-13)17(19)18(2)3/h5-12H,4H2,1-3H3. The molecule has 0 fully saturated rings. The molecule has 20 heavy (non-hydrogen) atoms. The van der Waals surface area contributed by atoms with E-state index in [9.17, 15) is 4.79 Å². The summed E-state index contributed by atoms with van der Waals surface area (Å²) in [7, 11) is 3.51. The third kappa shape index (κ3) is 3.18. The maximum absolute atomic E-state index is 11.8. The molecule has 0 aliphatic heterocycles. The largest absolute Gasteiger partial charge is 0.494 e. The van der Waals surface area contributed by atoms with Crippen molar-refractivity contribution in [3.05, 3.63) is 54.1 Å². The minimum atomic E-state index is 0.0169. The van der Waals surface area contributed by atoms with Crippen LogP contribution in [0.15, 0.2) is 48.5 Å². The lowest BCUT2D eigenvalue weighted by Crippen LogP contribution is -2.21. The highest BCUT2D eigenvalue weighted by Gasteiger charge is 2.07. The van der Waals surface area contributed by atoms with E-state index in [1.54, 1.807) is 19.0 Å². The van der Waals surface area contributed by atoms with Gasteiger partial charge in [0.05, 0.1) is 6.61 Å². The topological polar surface area (TPSA) is 29.5 Å². The molecule has 0 saturated heterocycles. The van der Waals surface area contributed by atoms with E-state index in [0.29, 0.717) is 12.2 Å². The zero-order valence-corrected chi connectivity index (χ0v) is 12.1. The SMILES string of the molecule is CCOc1ccc(-c2ccc(C(=O)N(C)C)cc2)cc1. The third-order valence-electron chi connectivity index (χ3n) is 3.04. The highest BCUT2D eigenvalue weighted by Crippen LogP contribution is 2.23. The zero-order valence-electron chi connectivity index (χ0n) is 12.1. The Labute approximate surface area is 119 Å². The molecule has 0 atom stereocenters. The molecule has 0 N–H and O–H groups in total. The Morgan fingerprint density at radius 1 is 0.950 bits per heavy atom. The lowest BCUT2D eigenvalue weighted by molar-refractivity contribution is 0.0827. The average molecular weight is 269 g/mol. The van der Waals surface area contributed by atoms with Crippen molar-refractivity contribution >= 4 is 5.91 Å². The van der Waals surface area contributed by atoms with Crippen LogP contribution in [-0.4, -0.2) is 31.5 Å². The first-order valence-corrected chi connectivity index (χ1v) is 6.66. The van der Waals surface area contributed by atoms with E-state index >= 15 is 0 Å². The number of nitrogens with zero attached hydrogens (tertiary/aromatic N) is 1. The lowest BCUT2D eigenvalue weighted by Gasteiger charge is -2.10. The Balaban J connectivity index is 2.19. The summed E-state index contributed by atoms with van der Waals surface area (Å²) in [5.74, 6) is 0.888. The second kappa shape index (κ2) is 6.24. The second-order valence-electron chi connectivity index (χ2n) is 4.73. The fraction of sp³-hybridized carbons (Fsp3) is 0.235. The molecule has 0 aromatic heterocycles. The van der Waals surface area contributed by atoms with Gasteiger partial charge in [0.25, 0.3) is 5.91 Å². The summed E-state index contributed by atoms with van der Waals surface area (Å²) in [6.45, 7) is 2.63. The van der Waals surface area contributed by atoms with Gasteiger partial charge >= 0.3 is 0 Å². The van der Waals surface area contributed by atoms with Crippen LogP contribution in [0.4, 0.5) is 0 Å². The number of carbonyl (C=O) groups excluding carboxylic acids is 1. The van der Waals surface area contributed by atoms with E-state index in [2.05, 4.69) is 0 Å². The van der Waals surface area contributed by atoms with Gasteiger partial charge in [-0.1, -0.05) is 24.3 Å². The fourth-order valence-corrected chi connectivity index (χ4v) is 1.97. The van der Waals surface area contributed by atoms with Crippen LogP contribution in [0.3, 0.4) is 0 Å². The minimum absolute atomic E-state index is 0.0169. The molecular weight excluding hydrogens is 250 g/mol. The Bertz CT molecular complexity index is 571. The van der Waals surface area contributed by atoms with E-state index < -0.39 is 0 Å². The van der Waals surface area contributed by atoms with Crippen LogP contribution in [0.2, 0.25) is 0 Å². The molecule has 0 spiro atoms. The van der Waals surface area contributed by atoms with Gasteiger partial charge in [0.2, 0.25) is 0 Å². The van der Waals surface area contributed by atoms with Gasteiger partial charge in [0.1, 0.15) is 5.75 Å². The van der Waals surface area contributed by atoms with E-state index in [1.807, 2.05) is 55.5 Å². The number of amides is 1. The van der Waals surface area contributed by atoms with Crippen molar-refractivity contribution in [1.29, 1.82) is 0 Å². The van der Waals surface area contributed by atoms with E-state index in [-0.39, 0.29) is 5.91 Å². The van der Waals surface area contributed by atoms with Gasteiger partial charge in [-0.05, 0) is 42.3 Å². The summed E-state index contributed by atoms with van der Waals surface area (Å²) in [4.78, 5) is 13.4. The second-order valence-corrected chi connectivity index (χ2v) is 4.73. The molecule has 2 aromatic rings. The van der Waals surface area contributed by atoms with Crippen molar-refractivity contribution < 1.29 is 9.53 Å². The molecule has 1 amide bonds. The molecular formula is C17H19NO2. The number of carbonyl (C=O) groups is 1. The number of hydrogen-bond donors (Lipinski definition) is 0. The maximum Gasteiger partial charge on any atom is 0.253 e. The molecule has 104 valence electrons. The van der Waals surface area contributed by atoms with Crippen LogP contribution in [0.25, 0.3) is 11.1 Å². The molecule has 0 radical (unpaired) electrons. The average Bonchev–Trinajstić information content (AvgIpc) is 2.48. The van der Waals surface area contributed by atoms with Crippen molar-refractivity contribution in [1.82, 2.24) is 4.90 Å². The number of rotatable bonds is 4. The van der Waals surface area contributed by atoms with Crippen LogP contribution in [-0.2, 0) is 0 Å². The summed E-state index contributed by atoms with van der Waals surface area (Å²) in [5.41, 5.74) is 2.89. The Morgan fingerprint density at radius 3 is 1.90 bits per heavy atom. The molecule has 2 rings (SSSR count). The number of benzene rings is 2. The van der Waals surface area contributed by atoms with Gasteiger partial charge in [-0.2, -0.15) is 0 Å². The van der Waals surface area contributed by atoms with Crippen molar-refractivity contribution in [2.24, 2.45) is 0 Å². The van der Waals surface area contributed by atoms with Crippen LogP contribution in [0.5, 0.6) is 5.75 Å². The smallest absolute Gasteiger partial charge is 0.253 e. The fourth-order valence-electron chi connectivity index (χ4n) is 1.97. The molecule has 0 saturated carbocycles. The summed E-state index contributed by atoms with van der Waals surface area (Å²) < 4.78 is 5.42. The zero-order chi connectivity index (χ0) is 14.5. The predicted octanol–water partition coefficient (Wildman–Crippen LogP) is 3.45. The van der Waals surface area contributed by atoms with Gasteiger partial charge < -0.3 is 9.64 Å². The first-order chi connectivity index (χ1) is 9.61.